The van der Waals surface area contributed by atoms with Gasteiger partial charge in [-0.2, -0.15) is 0 Å². The number of nitrogens with zero attached hydrogens (tertiary/aromatic N) is 4. The smallest absolute Gasteiger partial charge is 0.253 e. The van der Waals surface area contributed by atoms with E-state index in [1.807, 2.05) is 55.5 Å². The Balaban J connectivity index is 1.61. The largest absolute Gasteiger partial charge is 0.337 e. The van der Waals surface area contributed by atoms with E-state index < -0.39 is 10.0 Å². The van der Waals surface area contributed by atoms with Gasteiger partial charge in [-0.05, 0) is 43.7 Å². The summed E-state index contributed by atoms with van der Waals surface area (Å²) in [4.78, 5) is 19.4. The minimum Gasteiger partial charge on any atom is -0.337 e. The molecule has 7 nitrogen and oxygen atoms in total. The number of aryl methyl sites for hydroxylation is 1. The zero-order valence-corrected chi connectivity index (χ0v) is 17.4. The lowest BCUT2D eigenvalue weighted by Crippen LogP contribution is -2.36. The Bertz CT molecular complexity index is 1160. The highest BCUT2D eigenvalue weighted by molar-refractivity contribution is 7.88. The van der Waals surface area contributed by atoms with Crippen molar-refractivity contribution in [3.05, 3.63) is 59.9 Å². The molecule has 0 aliphatic carbocycles. The van der Waals surface area contributed by atoms with Crippen LogP contribution < -0.4 is 0 Å². The van der Waals surface area contributed by atoms with Crippen molar-refractivity contribution in [1.82, 2.24) is 18.8 Å². The molecule has 1 aliphatic rings. The van der Waals surface area contributed by atoms with Crippen LogP contribution in [0.5, 0.6) is 0 Å². The predicted molar refractivity (Wildman–Crippen MR) is 113 cm³/mol. The molecule has 0 unspecified atom stereocenters. The third-order valence-electron chi connectivity index (χ3n) is 5.29. The highest BCUT2D eigenvalue weighted by Crippen LogP contribution is 2.23. The number of hydrogen-bond donors (Lipinski definition) is 0. The van der Waals surface area contributed by atoms with Gasteiger partial charge in [-0.1, -0.05) is 18.2 Å². The van der Waals surface area contributed by atoms with Gasteiger partial charge in [0, 0.05) is 37.4 Å². The van der Waals surface area contributed by atoms with E-state index >= 15 is 0 Å². The first-order valence-corrected chi connectivity index (χ1v) is 11.5. The number of para-hydroxylation sites is 1. The number of sulfonamides is 1. The van der Waals surface area contributed by atoms with E-state index in [1.165, 1.54) is 10.6 Å². The van der Waals surface area contributed by atoms with Crippen molar-refractivity contribution in [2.24, 2.45) is 0 Å². The molecule has 152 valence electrons. The summed E-state index contributed by atoms with van der Waals surface area (Å²) in [6.07, 6.45) is 1.84. The number of benzene rings is 2. The van der Waals surface area contributed by atoms with Gasteiger partial charge in [-0.25, -0.2) is 17.7 Å². The molecule has 8 heteroatoms. The van der Waals surface area contributed by atoms with E-state index in [2.05, 4.69) is 9.55 Å². The molecule has 0 radical (unpaired) electrons. The van der Waals surface area contributed by atoms with Gasteiger partial charge in [0.1, 0.15) is 5.82 Å². The maximum absolute atomic E-state index is 13.0. The van der Waals surface area contributed by atoms with Crippen LogP contribution in [0, 0.1) is 6.92 Å². The van der Waals surface area contributed by atoms with Gasteiger partial charge in [0.2, 0.25) is 10.0 Å². The van der Waals surface area contributed by atoms with Crippen molar-refractivity contribution < 1.29 is 13.2 Å². The molecular weight excluding hydrogens is 388 g/mol. The molecule has 1 saturated heterocycles. The van der Waals surface area contributed by atoms with E-state index in [1.54, 1.807) is 4.90 Å². The molecular formula is C21H24N4O3S. The molecule has 0 atom stereocenters. The Morgan fingerprint density at radius 1 is 1.00 bits per heavy atom. The monoisotopic (exact) mass is 412 g/mol. The van der Waals surface area contributed by atoms with Crippen LogP contribution in [-0.4, -0.2) is 65.5 Å². The first kappa shape index (κ1) is 19.6. The lowest BCUT2D eigenvalue weighted by atomic mass is 10.1. The molecule has 1 fully saturated rings. The predicted octanol–water partition coefficient (Wildman–Crippen LogP) is 2.44. The number of rotatable bonds is 3. The molecule has 0 N–H and O–H groups in total. The van der Waals surface area contributed by atoms with E-state index in [0.717, 1.165) is 22.5 Å². The van der Waals surface area contributed by atoms with Gasteiger partial charge in [-0.3, -0.25) is 9.36 Å². The van der Waals surface area contributed by atoms with Gasteiger partial charge in [-0.15, -0.1) is 0 Å². The molecule has 1 aliphatic heterocycles. The third kappa shape index (κ3) is 3.90. The maximum atomic E-state index is 13.0. The summed E-state index contributed by atoms with van der Waals surface area (Å²) in [5.74, 6) is 0.767. The molecule has 3 aromatic rings. The molecule has 1 amide bonds. The second-order valence-electron chi connectivity index (χ2n) is 7.34. The van der Waals surface area contributed by atoms with Crippen molar-refractivity contribution in [3.8, 4) is 5.69 Å². The summed E-state index contributed by atoms with van der Waals surface area (Å²) in [7, 11) is -3.24. The first-order valence-electron chi connectivity index (χ1n) is 9.63. The Morgan fingerprint density at radius 2 is 1.76 bits per heavy atom. The van der Waals surface area contributed by atoms with Gasteiger partial charge >= 0.3 is 0 Å². The van der Waals surface area contributed by atoms with Crippen molar-refractivity contribution in [1.29, 1.82) is 0 Å². The SMILES string of the molecule is Cc1nc2cc(C(=O)N3CCCN(S(C)(=O)=O)CC3)ccc2n1-c1ccccc1. The van der Waals surface area contributed by atoms with E-state index in [9.17, 15) is 13.2 Å². The Labute approximate surface area is 170 Å². The molecule has 0 saturated carbocycles. The molecule has 0 spiro atoms. The Morgan fingerprint density at radius 3 is 2.48 bits per heavy atom. The minimum absolute atomic E-state index is 0.0887. The quantitative estimate of drug-likeness (QED) is 0.662. The standard InChI is InChI=1S/C21H24N4O3S/c1-16-22-19-15-17(9-10-20(19)25(16)18-7-4-3-5-8-18)21(26)23-11-6-12-24(14-13-23)29(2,27)28/h3-5,7-10,15H,6,11-14H2,1-2H3. The van der Waals surface area contributed by atoms with Gasteiger partial charge in [0.25, 0.3) is 5.91 Å². The number of hydrogen-bond acceptors (Lipinski definition) is 4. The van der Waals surface area contributed by atoms with Crippen molar-refractivity contribution in [3.63, 3.8) is 0 Å². The fourth-order valence-corrected chi connectivity index (χ4v) is 4.72. The van der Waals surface area contributed by atoms with Crippen LogP contribution in [0.15, 0.2) is 48.5 Å². The molecule has 1 aromatic heterocycles. The van der Waals surface area contributed by atoms with Crippen LogP contribution in [-0.2, 0) is 10.0 Å². The van der Waals surface area contributed by atoms with Gasteiger partial charge in [0.15, 0.2) is 0 Å². The highest BCUT2D eigenvalue weighted by Gasteiger charge is 2.25. The van der Waals surface area contributed by atoms with Gasteiger partial charge in [0.05, 0.1) is 17.3 Å². The summed E-state index contributed by atoms with van der Waals surface area (Å²) in [6.45, 7) is 3.65. The highest BCUT2D eigenvalue weighted by atomic mass is 32.2. The van der Waals surface area contributed by atoms with Gasteiger partial charge < -0.3 is 4.90 Å². The second-order valence-corrected chi connectivity index (χ2v) is 9.32. The average Bonchev–Trinajstić information content (AvgIpc) is 2.86. The maximum Gasteiger partial charge on any atom is 0.253 e. The number of carbonyl (C=O) groups excluding carboxylic acids is 1. The Hall–Kier alpha value is -2.71. The van der Waals surface area contributed by atoms with Crippen molar-refractivity contribution in [2.75, 3.05) is 32.4 Å². The molecule has 4 rings (SSSR count). The third-order valence-corrected chi connectivity index (χ3v) is 6.60. The number of carbonyl (C=O) groups is 1. The van der Waals surface area contributed by atoms with Crippen LogP contribution in [0.1, 0.15) is 22.6 Å². The topological polar surface area (TPSA) is 75.5 Å². The summed E-state index contributed by atoms with van der Waals surface area (Å²) in [6, 6.07) is 15.6. The summed E-state index contributed by atoms with van der Waals surface area (Å²) < 4.78 is 27.1. The zero-order valence-electron chi connectivity index (χ0n) is 16.6. The van der Waals surface area contributed by atoms with Crippen LogP contribution in [0.4, 0.5) is 0 Å². The van der Waals surface area contributed by atoms with Crippen molar-refractivity contribution >= 4 is 27.0 Å². The minimum atomic E-state index is -3.24. The number of aromatic nitrogens is 2. The van der Waals surface area contributed by atoms with Crippen LogP contribution >= 0.6 is 0 Å². The van der Waals surface area contributed by atoms with Crippen LogP contribution in [0.2, 0.25) is 0 Å². The van der Waals surface area contributed by atoms with Crippen LogP contribution in [0.25, 0.3) is 16.7 Å². The fourth-order valence-electron chi connectivity index (χ4n) is 3.85. The fraction of sp³-hybridized carbons (Fsp3) is 0.333. The van der Waals surface area contributed by atoms with E-state index in [0.29, 0.717) is 38.2 Å². The van der Waals surface area contributed by atoms with E-state index in [4.69, 9.17) is 0 Å². The van der Waals surface area contributed by atoms with Crippen molar-refractivity contribution in [2.45, 2.75) is 13.3 Å². The van der Waals surface area contributed by atoms with Crippen LogP contribution in [0.3, 0.4) is 0 Å². The molecule has 2 aromatic carbocycles. The first-order chi connectivity index (χ1) is 13.8. The molecule has 29 heavy (non-hydrogen) atoms. The lowest BCUT2D eigenvalue weighted by molar-refractivity contribution is 0.0764. The summed E-state index contributed by atoms with van der Waals surface area (Å²) in [5, 5.41) is 0. The average molecular weight is 413 g/mol. The second kappa shape index (κ2) is 7.61. The summed E-state index contributed by atoms with van der Waals surface area (Å²) >= 11 is 0. The zero-order chi connectivity index (χ0) is 20.6. The summed E-state index contributed by atoms with van der Waals surface area (Å²) in [5.41, 5.74) is 3.32. The number of imidazole rings is 1. The van der Waals surface area contributed by atoms with E-state index in [-0.39, 0.29) is 5.91 Å². The normalized spacial score (nSPS) is 16.1. The molecule has 0 bridgehead atoms. The Kier molecular flexibility index (Phi) is 5.14. The molecule has 2 heterocycles. The number of amides is 1. The number of fused-ring (bicyclic) bond motifs is 1. The lowest BCUT2D eigenvalue weighted by Gasteiger charge is -2.21.